The van der Waals surface area contributed by atoms with E-state index in [1.807, 2.05) is 0 Å². The summed E-state index contributed by atoms with van der Waals surface area (Å²) < 4.78 is 68.5. The van der Waals surface area contributed by atoms with E-state index < -0.39 is 36.7 Å². The third kappa shape index (κ3) is 10.0. The van der Waals surface area contributed by atoms with Crippen LogP contribution in [-0.2, 0) is 0 Å². The van der Waals surface area contributed by atoms with Crippen molar-refractivity contribution in [1.29, 1.82) is 0 Å². The van der Waals surface area contributed by atoms with Crippen LogP contribution in [0.1, 0.15) is 6.42 Å². The van der Waals surface area contributed by atoms with Crippen LogP contribution in [0.5, 0.6) is 0 Å². The van der Waals surface area contributed by atoms with Crippen LogP contribution < -0.4 is 0 Å². The summed E-state index contributed by atoms with van der Waals surface area (Å²) in [6.07, 6.45) is -0.758. The third-order valence-electron chi connectivity index (χ3n) is 0.921. The molecule has 0 saturated heterocycles. The van der Waals surface area contributed by atoms with E-state index in [0.29, 0.717) is 0 Å². The first-order valence-electron chi connectivity index (χ1n) is 2.84. The molecule has 0 saturated carbocycles. The van der Waals surface area contributed by atoms with Crippen molar-refractivity contribution >= 4 is 18.2 Å². The number of hydrogen-bond acceptors (Lipinski definition) is 0. The summed E-state index contributed by atoms with van der Waals surface area (Å²) in [6.45, 7) is 0. The summed E-state index contributed by atoms with van der Waals surface area (Å²) in [6, 6.07) is -2.39. The summed E-state index contributed by atoms with van der Waals surface area (Å²) in [7, 11) is -11.5. The molecule has 0 unspecified atom stereocenters. The first kappa shape index (κ1) is 11.0. The van der Waals surface area contributed by atoms with Gasteiger partial charge in [0.25, 0.3) is 0 Å². The highest BCUT2D eigenvalue weighted by Crippen LogP contribution is 2.24. The van der Waals surface area contributed by atoms with Gasteiger partial charge in [0.1, 0.15) is 0 Å². The molecule has 11 heavy (non-hydrogen) atoms. The molecule has 0 amide bonds. The van der Waals surface area contributed by atoms with Crippen molar-refractivity contribution in [2.24, 2.45) is 0 Å². The Balaban J connectivity index is 3.44. The smallest absolute Gasteiger partial charge is 0.238 e. The van der Waals surface area contributed by atoms with E-state index in [9.17, 15) is 24.6 Å². The lowest BCUT2D eigenvalue weighted by molar-refractivity contribution is 0.449. The zero-order valence-corrected chi connectivity index (χ0v) is 7.39. The summed E-state index contributed by atoms with van der Waals surface area (Å²) in [5.41, 5.74) is 0. The van der Waals surface area contributed by atoms with Gasteiger partial charge in [-0.05, 0) is 6.42 Å². The van der Waals surface area contributed by atoms with Crippen molar-refractivity contribution in [1.82, 2.24) is 0 Å². The van der Waals surface area contributed by atoms with E-state index in [1.54, 1.807) is 0 Å². The lowest BCUT2D eigenvalue weighted by atomic mass is 10.6. The highest BCUT2D eigenvalue weighted by molar-refractivity contribution is 6.60. The van der Waals surface area contributed by atoms with Gasteiger partial charge in [0.05, 0.1) is 0 Å². The standard InChI is InChI=1S/C3H6F6Si2/c4-10(5,6)2-1-3-11(7,8)9/h1-3H2. The van der Waals surface area contributed by atoms with Crippen LogP contribution in [0, 0.1) is 0 Å². The maximum absolute atomic E-state index is 11.4. The Bertz CT molecular complexity index is 100.0. The molecule has 0 atom stereocenters. The molecule has 0 aliphatic rings. The van der Waals surface area contributed by atoms with Gasteiger partial charge in [-0.2, -0.15) is 0 Å². The Morgan fingerprint density at radius 3 is 1.09 bits per heavy atom. The highest BCUT2D eigenvalue weighted by Gasteiger charge is 2.40. The van der Waals surface area contributed by atoms with Crippen molar-refractivity contribution in [3.8, 4) is 0 Å². The van der Waals surface area contributed by atoms with Crippen molar-refractivity contribution in [2.75, 3.05) is 0 Å². The minimum absolute atomic E-state index is 0.758. The largest absolute Gasteiger partial charge is 0.616 e. The van der Waals surface area contributed by atoms with Gasteiger partial charge in [-0.15, -0.1) is 0 Å². The van der Waals surface area contributed by atoms with Crippen molar-refractivity contribution in [3.63, 3.8) is 0 Å². The monoisotopic (exact) mass is 212 g/mol. The Morgan fingerprint density at radius 2 is 0.909 bits per heavy atom. The first-order chi connectivity index (χ1) is 4.71. The first-order valence-corrected chi connectivity index (χ1v) is 6.52. The Morgan fingerprint density at radius 1 is 0.636 bits per heavy atom. The predicted molar refractivity (Wildman–Crippen MR) is 32.4 cm³/mol. The molecule has 8 heteroatoms. The minimum atomic E-state index is -5.73. The molecular formula is C3H6F6Si2. The molecule has 0 aliphatic heterocycles. The van der Waals surface area contributed by atoms with E-state index in [0.717, 1.165) is 0 Å². The molecule has 0 radical (unpaired) electrons. The fraction of sp³-hybridized carbons (Fsp3) is 1.00. The maximum Gasteiger partial charge on any atom is 0.616 e. The van der Waals surface area contributed by atoms with Crippen molar-refractivity contribution in [3.05, 3.63) is 0 Å². The normalized spacial score (nSPS) is 13.6. The van der Waals surface area contributed by atoms with E-state index >= 15 is 0 Å². The Hall–Kier alpha value is 0.0138. The topological polar surface area (TPSA) is 0 Å². The van der Waals surface area contributed by atoms with E-state index in [1.165, 1.54) is 0 Å². The van der Waals surface area contributed by atoms with Gasteiger partial charge in [0.15, 0.2) is 0 Å². The molecule has 0 N–H and O–H groups in total. The van der Waals surface area contributed by atoms with Crippen LogP contribution in [0.25, 0.3) is 0 Å². The third-order valence-corrected chi connectivity index (χ3v) is 2.76. The number of hydrogen-bond donors (Lipinski definition) is 0. The zero-order valence-electron chi connectivity index (χ0n) is 5.39. The van der Waals surface area contributed by atoms with Crippen LogP contribution >= 0.6 is 0 Å². The second-order valence-electron chi connectivity index (χ2n) is 2.08. The van der Waals surface area contributed by atoms with Gasteiger partial charge in [-0.3, -0.25) is 0 Å². The molecule has 0 heterocycles. The lowest BCUT2D eigenvalue weighted by Crippen LogP contribution is -2.18. The van der Waals surface area contributed by atoms with Crippen molar-refractivity contribution < 1.29 is 24.6 Å². The second kappa shape index (κ2) is 3.61. The van der Waals surface area contributed by atoms with Gasteiger partial charge < -0.3 is 0 Å². The molecule has 0 nitrogen and oxygen atoms in total. The fourth-order valence-electron chi connectivity index (χ4n) is 0.489. The average molecular weight is 212 g/mol. The number of halogens is 6. The van der Waals surface area contributed by atoms with E-state index in [4.69, 9.17) is 0 Å². The van der Waals surface area contributed by atoms with Crippen molar-refractivity contribution in [2.45, 2.75) is 18.5 Å². The molecule has 0 spiro atoms. The molecule has 68 valence electrons. The van der Waals surface area contributed by atoms with Crippen LogP contribution in [0.4, 0.5) is 24.6 Å². The second-order valence-corrected chi connectivity index (χ2v) is 5.54. The summed E-state index contributed by atoms with van der Waals surface area (Å²) in [4.78, 5) is 0. The van der Waals surface area contributed by atoms with Gasteiger partial charge in [0.2, 0.25) is 0 Å². The quantitative estimate of drug-likeness (QED) is 0.381. The summed E-state index contributed by atoms with van der Waals surface area (Å²) >= 11 is 0. The number of rotatable bonds is 4. The SMILES string of the molecule is F[Si](F)(F)CCC[Si](F)(F)F. The lowest BCUT2D eigenvalue weighted by Gasteiger charge is -2.02. The molecule has 0 aromatic carbocycles. The van der Waals surface area contributed by atoms with Gasteiger partial charge in [-0.25, -0.2) is 24.6 Å². The molecule has 0 aromatic heterocycles. The molecule has 0 fully saturated rings. The molecular weight excluding hydrogens is 206 g/mol. The maximum atomic E-state index is 11.4. The fourth-order valence-corrected chi connectivity index (χ4v) is 2.00. The van der Waals surface area contributed by atoms with Crippen LogP contribution in [0.15, 0.2) is 0 Å². The Labute approximate surface area is 62.3 Å². The van der Waals surface area contributed by atoms with E-state index in [2.05, 4.69) is 0 Å². The average Bonchev–Trinajstić information content (AvgIpc) is 1.55. The molecule has 0 aliphatic carbocycles. The summed E-state index contributed by atoms with van der Waals surface area (Å²) in [5.74, 6) is 0. The predicted octanol–water partition coefficient (Wildman–Crippen LogP) is 3.07. The van der Waals surface area contributed by atoms with Crippen LogP contribution in [0.2, 0.25) is 12.1 Å². The van der Waals surface area contributed by atoms with Gasteiger partial charge in [-0.1, -0.05) is 0 Å². The van der Waals surface area contributed by atoms with Crippen LogP contribution in [-0.4, -0.2) is 18.2 Å². The van der Waals surface area contributed by atoms with Crippen LogP contribution in [0.3, 0.4) is 0 Å². The van der Waals surface area contributed by atoms with Gasteiger partial charge in [0, 0.05) is 12.1 Å². The van der Waals surface area contributed by atoms with E-state index in [-0.39, 0.29) is 0 Å². The Kier molecular flexibility index (Phi) is 3.61. The highest BCUT2D eigenvalue weighted by atomic mass is 28.5. The van der Waals surface area contributed by atoms with Gasteiger partial charge >= 0.3 is 18.2 Å². The molecule has 0 aromatic rings. The zero-order chi connectivity index (χ0) is 9.12. The minimum Gasteiger partial charge on any atom is -0.238 e. The molecule has 0 rings (SSSR count). The molecule has 0 bridgehead atoms. The summed E-state index contributed by atoms with van der Waals surface area (Å²) in [5, 5.41) is 0.